The number of likely N-dealkylation sites (tertiary alicyclic amines) is 1. The van der Waals surface area contributed by atoms with Gasteiger partial charge in [-0.1, -0.05) is 43.7 Å². The van der Waals surface area contributed by atoms with E-state index in [1.807, 2.05) is 31.7 Å². The Morgan fingerprint density at radius 3 is 2.40 bits per heavy atom. The zero-order chi connectivity index (χ0) is 31.1. The van der Waals surface area contributed by atoms with Crippen LogP contribution in [0.15, 0.2) is 58.5 Å². The van der Waals surface area contributed by atoms with Crippen LogP contribution in [0.3, 0.4) is 0 Å². The third-order valence-corrected chi connectivity index (χ3v) is 8.06. The molecule has 1 aliphatic carbocycles. The van der Waals surface area contributed by atoms with Crippen molar-refractivity contribution in [2.45, 2.75) is 71.3 Å². The summed E-state index contributed by atoms with van der Waals surface area (Å²) in [6.07, 6.45) is 7.34. The number of nitrogens with one attached hydrogen (secondary N) is 2. The normalized spacial score (nSPS) is 33.5. The number of nitrogens with two attached hydrogens (primary N) is 1. The summed E-state index contributed by atoms with van der Waals surface area (Å²) in [6.45, 7) is 8.56. The second-order valence-corrected chi connectivity index (χ2v) is 11.4. The maximum absolute atomic E-state index is 13.7. The number of fused-ring (bicyclic) bond motifs is 2. The highest BCUT2D eigenvalue weighted by molar-refractivity contribution is 6.23. The van der Waals surface area contributed by atoms with Crippen LogP contribution < -0.4 is 16.4 Å². The van der Waals surface area contributed by atoms with Gasteiger partial charge in [0.1, 0.15) is 0 Å². The molecule has 1 fully saturated rings. The Bertz CT molecular complexity index is 1230. The highest BCUT2D eigenvalue weighted by Crippen LogP contribution is 2.32. The van der Waals surface area contributed by atoms with Gasteiger partial charge in [0.2, 0.25) is 11.6 Å². The smallest absolute Gasteiger partial charge is 0.312 e. The van der Waals surface area contributed by atoms with Gasteiger partial charge in [0.05, 0.1) is 35.7 Å². The largest absolute Gasteiger partial charge is 0.390 e. The quantitative estimate of drug-likeness (QED) is 0.289. The Kier molecular flexibility index (Phi) is 11.4. The van der Waals surface area contributed by atoms with E-state index >= 15 is 0 Å². The van der Waals surface area contributed by atoms with E-state index in [0.717, 1.165) is 6.42 Å². The van der Waals surface area contributed by atoms with Gasteiger partial charge < -0.3 is 35.8 Å². The number of carbonyl (C=O) groups excluding carboxylic acids is 4. The molecule has 1 saturated heterocycles. The molecule has 42 heavy (non-hydrogen) atoms. The number of nitrogens with zero attached hydrogens (tertiary/aromatic N) is 1. The number of methoxy groups -OCH3 is 2. The number of primary amides is 1. The number of hydrogen-bond donors (Lipinski definition) is 4. The van der Waals surface area contributed by atoms with Crippen molar-refractivity contribution in [2.75, 3.05) is 27.3 Å². The van der Waals surface area contributed by atoms with E-state index < -0.39 is 36.3 Å². The lowest BCUT2D eigenvalue weighted by molar-refractivity contribution is -0.120. The van der Waals surface area contributed by atoms with Crippen LogP contribution in [-0.4, -0.2) is 85.2 Å². The van der Waals surface area contributed by atoms with Crippen molar-refractivity contribution in [1.82, 2.24) is 15.5 Å². The minimum Gasteiger partial charge on any atom is -0.390 e. The predicted molar refractivity (Wildman–Crippen MR) is 158 cm³/mol. The molecule has 0 radical (unpaired) electrons. The zero-order valence-electron chi connectivity index (χ0n) is 25.3. The first-order chi connectivity index (χ1) is 19.9. The first kappa shape index (κ1) is 33.0. The van der Waals surface area contributed by atoms with E-state index in [1.165, 1.54) is 20.3 Å². The first-order valence-electron chi connectivity index (χ1n) is 14.3. The Hall–Kier alpha value is -3.54. The molecule has 0 aromatic heterocycles. The fraction of sp³-hybridized carbons (Fsp3) is 0.548. The second-order valence-electron chi connectivity index (χ2n) is 11.4. The van der Waals surface area contributed by atoms with Crippen LogP contribution in [0.25, 0.3) is 0 Å². The van der Waals surface area contributed by atoms with Crippen LogP contribution in [0, 0.1) is 11.8 Å². The molecule has 2 aliphatic heterocycles. The van der Waals surface area contributed by atoms with Crippen LogP contribution in [0.4, 0.5) is 4.79 Å². The molecule has 0 unspecified atom stereocenters. The lowest BCUT2D eigenvalue weighted by atomic mass is 9.84. The van der Waals surface area contributed by atoms with Gasteiger partial charge in [-0.3, -0.25) is 14.4 Å². The maximum atomic E-state index is 13.7. The summed E-state index contributed by atoms with van der Waals surface area (Å²) >= 11 is 0. The molecule has 3 rings (SSSR count). The lowest BCUT2D eigenvalue weighted by Gasteiger charge is -2.37. The number of urea groups is 1. The number of aliphatic hydroxyl groups is 1. The number of allylic oxidation sites excluding steroid dienone is 4. The van der Waals surface area contributed by atoms with Gasteiger partial charge in [-0.05, 0) is 39.0 Å². The van der Waals surface area contributed by atoms with Crippen molar-refractivity contribution in [2.24, 2.45) is 17.6 Å². The van der Waals surface area contributed by atoms with Crippen molar-refractivity contribution in [3.8, 4) is 0 Å². The molecule has 2 heterocycles. The van der Waals surface area contributed by atoms with Gasteiger partial charge in [-0.2, -0.15) is 0 Å². The van der Waals surface area contributed by atoms with Crippen molar-refractivity contribution < 1.29 is 33.8 Å². The van der Waals surface area contributed by atoms with E-state index in [0.29, 0.717) is 41.9 Å². The van der Waals surface area contributed by atoms with Crippen molar-refractivity contribution >= 4 is 23.5 Å². The molecule has 0 aromatic carbocycles. The second kappa shape index (κ2) is 14.6. The molecule has 230 valence electrons. The Morgan fingerprint density at radius 2 is 1.83 bits per heavy atom. The molecule has 0 aromatic rings. The molecular weight excluding hydrogens is 540 g/mol. The number of ether oxygens (including phenoxy) is 2. The standard InChI is InChI=1S/C31H44N4O7/c1-17-13-21-27(35-11-8-12-35)23(36)16-22(29(21)38)33-30(39)18(2)9-7-10-24(41-5)26(34-31(32)40)19(3)15-20(4)28(37)25(14-17)42-6/h7,9-10,15-17,20,24-26,28,37H,8,11-14H2,1-6H3,(H,33,39)(H3,32,34,40)/b10-7-,18-9+,19-15+/t17-,20+,24+,25+,26+,28-/m1/s1. The number of aliphatic hydroxyl groups excluding tert-OH is 1. The van der Waals surface area contributed by atoms with E-state index in [1.54, 1.807) is 25.2 Å². The fourth-order valence-electron chi connectivity index (χ4n) is 5.55. The third kappa shape index (κ3) is 7.84. The number of hydrogen-bond acceptors (Lipinski definition) is 8. The summed E-state index contributed by atoms with van der Waals surface area (Å²) in [6, 6.07) is -1.39. The summed E-state index contributed by atoms with van der Waals surface area (Å²) in [4.78, 5) is 53.7. The van der Waals surface area contributed by atoms with Gasteiger partial charge in [-0.15, -0.1) is 0 Å². The van der Waals surface area contributed by atoms with Gasteiger partial charge in [0.15, 0.2) is 0 Å². The van der Waals surface area contributed by atoms with Crippen LogP contribution in [-0.2, 0) is 23.9 Å². The zero-order valence-corrected chi connectivity index (χ0v) is 25.3. The van der Waals surface area contributed by atoms with Crippen LogP contribution in [0.5, 0.6) is 0 Å². The van der Waals surface area contributed by atoms with Crippen LogP contribution in [0.1, 0.15) is 47.0 Å². The summed E-state index contributed by atoms with van der Waals surface area (Å²) in [7, 11) is 3.00. The molecule has 2 bridgehead atoms. The average Bonchev–Trinajstić information content (AvgIpc) is 2.90. The van der Waals surface area contributed by atoms with Gasteiger partial charge >= 0.3 is 6.03 Å². The molecule has 6 atom stereocenters. The van der Waals surface area contributed by atoms with Crippen molar-refractivity contribution in [3.63, 3.8) is 0 Å². The van der Waals surface area contributed by atoms with Gasteiger partial charge in [-0.25, -0.2) is 4.79 Å². The number of rotatable bonds is 4. The molecule has 0 spiro atoms. The van der Waals surface area contributed by atoms with E-state index in [4.69, 9.17) is 15.2 Å². The highest BCUT2D eigenvalue weighted by atomic mass is 16.5. The number of carbonyl (C=O) groups is 4. The third-order valence-electron chi connectivity index (χ3n) is 8.06. The number of amides is 3. The molecule has 5 N–H and O–H groups in total. The SMILES string of the molecule is CO[C@H]1/C=C\C=C(/C)C(=O)NC2=CC(=O)C(N3CCC3)=C(C[C@@H](C)C[C@H](OC)[C@H](O)[C@@H](C)/C=C(\C)[C@@H]1NC(N)=O)C2=O. The minimum absolute atomic E-state index is 0.0663. The molecule has 11 heteroatoms. The van der Waals surface area contributed by atoms with E-state index in [-0.39, 0.29) is 35.5 Å². The van der Waals surface area contributed by atoms with Crippen molar-refractivity contribution in [3.05, 3.63) is 58.5 Å². The molecular formula is C31H44N4O7. The highest BCUT2D eigenvalue weighted by Gasteiger charge is 2.36. The monoisotopic (exact) mass is 584 g/mol. The summed E-state index contributed by atoms with van der Waals surface area (Å²) in [5, 5.41) is 16.6. The van der Waals surface area contributed by atoms with Crippen LogP contribution >= 0.6 is 0 Å². The Morgan fingerprint density at radius 1 is 1.14 bits per heavy atom. The van der Waals surface area contributed by atoms with Gasteiger partial charge in [0.25, 0.3) is 5.91 Å². The van der Waals surface area contributed by atoms with Crippen LogP contribution in [0.2, 0.25) is 0 Å². The minimum atomic E-state index is -0.909. The Balaban J connectivity index is 2.07. The lowest BCUT2D eigenvalue weighted by Crippen LogP contribution is -2.47. The summed E-state index contributed by atoms with van der Waals surface area (Å²) < 4.78 is 11.3. The number of ketones is 2. The molecule has 3 aliphatic rings. The topological polar surface area (TPSA) is 160 Å². The molecule has 0 saturated carbocycles. The number of Topliss-reactive ketones (excluding diaryl/α,β-unsaturated/α-hetero) is 1. The van der Waals surface area contributed by atoms with Gasteiger partial charge in [0, 0.05) is 50.4 Å². The average molecular weight is 585 g/mol. The predicted octanol–water partition coefficient (Wildman–Crippen LogP) is 2.04. The molecule has 11 nitrogen and oxygen atoms in total. The Labute approximate surface area is 247 Å². The summed E-state index contributed by atoms with van der Waals surface area (Å²) in [5.74, 6) is -1.75. The maximum Gasteiger partial charge on any atom is 0.312 e. The van der Waals surface area contributed by atoms with E-state index in [2.05, 4.69) is 10.6 Å². The van der Waals surface area contributed by atoms with Crippen molar-refractivity contribution in [1.29, 1.82) is 0 Å². The van der Waals surface area contributed by atoms with E-state index in [9.17, 15) is 24.3 Å². The molecule has 3 amide bonds. The first-order valence-corrected chi connectivity index (χ1v) is 14.3. The summed E-state index contributed by atoms with van der Waals surface area (Å²) in [5.41, 5.74) is 7.15. The fourth-order valence-corrected chi connectivity index (χ4v) is 5.55.